The monoisotopic (exact) mass is 737 g/mol. The van der Waals surface area contributed by atoms with Crippen molar-refractivity contribution in [2.45, 2.75) is 45.4 Å². The van der Waals surface area contributed by atoms with Crippen molar-refractivity contribution in [2.24, 2.45) is 16.7 Å². The van der Waals surface area contributed by atoms with E-state index in [0.29, 0.717) is 16.5 Å². The molecule has 3 atom stereocenters. The molecule has 2 fully saturated rings. The van der Waals surface area contributed by atoms with E-state index in [1.807, 2.05) is 78.9 Å². The van der Waals surface area contributed by atoms with E-state index >= 15 is 0 Å². The van der Waals surface area contributed by atoms with Gasteiger partial charge in [0.15, 0.2) is 0 Å². The van der Waals surface area contributed by atoms with Gasteiger partial charge in [-0.1, -0.05) is 148 Å². The Morgan fingerprint density at radius 1 is 0.564 bits per heavy atom. The van der Waals surface area contributed by atoms with Gasteiger partial charge in [-0.3, -0.25) is 0 Å². The lowest BCUT2D eigenvalue weighted by atomic mass is 9.55. The average Bonchev–Trinajstić information content (AvgIpc) is 3.75. The molecule has 0 aliphatic heterocycles. The van der Waals surface area contributed by atoms with Gasteiger partial charge < -0.3 is 9.80 Å². The SMILES string of the molecule is [2H]c1c([2H])c([2H])c(-c2ccc(N(c3ccc4c(c3)-c3ccccc3C43CC4CCC3(C)C4(C)C)c3cccc(N(c4ccccc4)c4ccccc4)c3Cl)cc2)c([2H])c1[2H]. The van der Waals surface area contributed by atoms with Gasteiger partial charge in [0.2, 0.25) is 0 Å². The maximum atomic E-state index is 8.68. The van der Waals surface area contributed by atoms with Crippen LogP contribution >= 0.6 is 11.6 Å². The third kappa shape index (κ3) is 4.94. The Labute approximate surface area is 337 Å². The maximum Gasteiger partial charge on any atom is 0.0887 e. The summed E-state index contributed by atoms with van der Waals surface area (Å²) < 4.78 is 42.1. The van der Waals surface area contributed by atoms with Crippen molar-refractivity contribution in [3.8, 4) is 22.3 Å². The van der Waals surface area contributed by atoms with Gasteiger partial charge in [0, 0.05) is 28.2 Å². The molecule has 2 nitrogen and oxygen atoms in total. The number of halogens is 1. The summed E-state index contributed by atoms with van der Waals surface area (Å²) in [5, 5.41) is 0.555. The van der Waals surface area contributed by atoms with E-state index < -0.39 is 6.04 Å². The summed E-state index contributed by atoms with van der Waals surface area (Å²) in [4.78, 5) is 4.36. The highest BCUT2D eigenvalue weighted by Gasteiger charge is 2.71. The van der Waals surface area contributed by atoms with Crippen molar-refractivity contribution in [3.05, 3.63) is 192 Å². The van der Waals surface area contributed by atoms with Gasteiger partial charge >= 0.3 is 0 Å². The predicted molar refractivity (Wildman–Crippen MR) is 232 cm³/mol. The zero-order valence-corrected chi connectivity index (χ0v) is 32.1. The second kappa shape index (κ2) is 12.8. The molecule has 10 rings (SSSR count). The minimum Gasteiger partial charge on any atom is -0.309 e. The van der Waals surface area contributed by atoms with Crippen LogP contribution in [0.4, 0.5) is 34.1 Å². The molecular weight excluding hydrogens is 688 g/mol. The van der Waals surface area contributed by atoms with E-state index in [-0.39, 0.29) is 46.0 Å². The third-order valence-corrected chi connectivity index (χ3v) is 14.1. The first-order valence-electron chi connectivity index (χ1n) is 21.8. The quantitative estimate of drug-likeness (QED) is 0.161. The van der Waals surface area contributed by atoms with Crippen LogP contribution in [0.3, 0.4) is 0 Å². The molecule has 0 amide bonds. The third-order valence-electron chi connectivity index (χ3n) is 13.7. The number of rotatable bonds is 7. The number of para-hydroxylation sites is 2. The first-order chi connectivity index (χ1) is 28.9. The Morgan fingerprint density at radius 2 is 1.13 bits per heavy atom. The number of nitrogens with zero attached hydrogens (tertiary/aromatic N) is 2. The van der Waals surface area contributed by atoms with E-state index in [2.05, 4.69) is 97.3 Å². The summed E-state index contributed by atoms with van der Waals surface area (Å²) in [7, 11) is 0. The molecule has 2 bridgehead atoms. The molecule has 7 aromatic carbocycles. The largest absolute Gasteiger partial charge is 0.309 e. The van der Waals surface area contributed by atoms with Crippen LogP contribution in [0.15, 0.2) is 176 Å². The van der Waals surface area contributed by atoms with E-state index in [1.165, 1.54) is 35.1 Å². The van der Waals surface area contributed by atoms with Crippen LogP contribution < -0.4 is 9.80 Å². The number of benzene rings is 7. The van der Waals surface area contributed by atoms with Crippen LogP contribution in [0.1, 0.15) is 58.0 Å². The number of fused-ring (bicyclic) bond motifs is 8. The lowest BCUT2D eigenvalue weighted by Crippen LogP contribution is -2.44. The molecule has 7 aromatic rings. The fourth-order valence-corrected chi connectivity index (χ4v) is 11.0. The molecule has 2 saturated carbocycles. The Hall–Kier alpha value is -5.57. The summed E-state index contributed by atoms with van der Waals surface area (Å²) in [6, 6.07) is 48.6. The highest BCUT2D eigenvalue weighted by atomic mass is 35.5. The number of hydrogen-bond donors (Lipinski definition) is 0. The Balaban J connectivity index is 1.18. The smallest absolute Gasteiger partial charge is 0.0887 e. The molecule has 55 heavy (non-hydrogen) atoms. The molecule has 3 unspecified atom stereocenters. The maximum absolute atomic E-state index is 8.68. The van der Waals surface area contributed by atoms with E-state index in [1.54, 1.807) is 0 Å². The lowest BCUT2D eigenvalue weighted by Gasteiger charge is -2.48. The average molecular weight is 738 g/mol. The van der Waals surface area contributed by atoms with Crippen LogP contribution in [0.2, 0.25) is 5.02 Å². The van der Waals surface area contributed by atoms with Crippen molar-refractivity contribution in [1.82, 2.24) is 0 Å². The van der Waals surface area contributed by atoms with Crippen molar-refractivity contribution >= 4 is 45.7 Å². The van der Waals surface area contributed by atoms with Gasteiger partial charge in [-0.15, -0.1) is 0 Å². The zero-order chi connectivity index (χ0) is 41.7. The summed E-state index contributed by atoms with van der Waals surface area (Å²) in [6.07, 6.45) is 3.62. The van der Waals surface area contributed by atoms with Gasteiger partial charge in [-0.05, 0) is 130 Å². The Bertz CT molecular complexity index is 2760. The van der Waals surface area contributed by atoms with Crippen molar-refractivity contribution in [1.29, 1.82) is 0 Å². The van der Waals surface area contributed by atoms with Crippen molar-refractivity contribution in [3.63, 3.8) is 0 Å². The molecule has 3 aliphatic rings. The molecule has 0 N–H and O–H groups in total. The molecule has 270 valence electrons. The van der Waals surface area contributed by atoms with Crippen molar-refractivity contribution in [2.75, 3.05) is 9.80 Å². The van der Waals surface area contributed by atoms with Gasteiger partial charge in [0.1, 0.15) is 0 Å². The minimum absolute atomic E-state index is 0.0796. The number of hydrogen-bond acceptors (Lipinski definition) is 2. The standard InChI is InChI=1S/C52H45ClN2/c1-50(2)38-32-33-51(50,3)52(35-38)45-23-14-13-22-43(45)44-34-42(30-31-46(44)52)55(41-28-26-37(27-29-41)36-16-7-4-8-17-36)48-25-15-24-47(49(48)53)54(39-18-9-5-10-19-39)40-20-11-6-12-21-40/h4-31,34,38H,32-33,35H2,1-3H3/i4D,7D,8D,16D,17D. The second-order valence-electron chi connectivity index (χ2n) is 16.2. The summed E-state index contributed by atoms with van der Waals surface area (Å²) >= 11 is 7.71. The van der Waals surface area contributed by atoms with Crippen LogP contribution in [0, 0.1) is 16.7 Å². The molecule has 3 heteroatoms. The van der Waals surface area contributed by atoms with E-state index in [4.69, 9.17) is 18.5 Å². The second-order valence-corrected chi connectivity index (χ2v) is 16.6. The summed E-state index contributed by atoms with van der Waals surface area (Å²) in [5.41, 5.74) is 11.6. The predicted octanol–water partition coefficient (Wildman–Crippen LogP) is 15.1. The molecule has 0 radical (unpaired) electrons. The minimum atomic E-state index is -0.408. The van der Waals surface area contributed by atoms with Crippen LogP contribution in [0.5, 0.6) is 0 Å². The molecular formula is C52H45ClN2. The molecule has 0 aromatic heterocycles. The first kappa shape index (κ1) is 28.8. The highest BCUT2D eigenvalue weighted by molar-refractivity contribution is 6.36. The fourth-order valence-electron chi connectivity index (χ4n) is 10.7. The van der Waals surface area contributed by atoms with Crippen molar-refractivity contribution < 1.29 is 6.85 Å². The Kier molecular flexibility index (Phi) is 6.68. The van der Waals surface area contributed by atoms with Crippen LogP contribution in [0.25, 0.3) is 22.3 Å². The summed E-state index contributed by atoms with van der Waals surface area (Å²) in [5.74, 6) is 0.651. The summed E-state index contributed by atoms with van der Waals surface area (Å²) in [6.45, 7) is 7.53. The fraction of sp³-hybridized carbons (Fsp3) is 0.192. The van der Waals surface area contributed by atoms with E-state index in [0.717, 1.165) is 40.5 Å². The first-order valence-corrected chi connectivity index (χ1v) is 19.7. The molecule has 3 aliphatic carbocycles. The molecule has 0 saturated heterocycles. The topological polar surface area (TPSA) is 6.48 Å². The van der Waals surface area contributed by atoms with Gasteiger partial charge in [0.05, 0.1) is 23.3 Å². The Morgan fingerprint density at radius 3 is 1.75 bits per heavy atom. The molecule has 1 spiro atoms. The normalized spacial score (nSPS) is 22.6. The van der Waals surface area contributed by atoms with E-state index in [9.17, 15) is 0 Å². The molecule has 0 heterocycles. The van der Waals surface area contributed by atoms with Gasteiger partial charge in [0.25, 0.3) is 0 Å². The van der Waals surface area contributed by atoms with Gasteiger partial charge in [-0.25, -0.2) is 0 Å². The number of anilines is 6. The highest BCUT2D eigenvalue weighted by Crippen LogP contribution is 2.78. The zero-order valence-electron chi connectivity index (χ0n) is 36.3. The van der Waals surface area contributed by atoms with Crippen LogP contribution in [-0.2, 0) is 5.41 Å². The lowest BCUT2D eigenvalue weighted by molar-refractivity contribution is 0.0990. The van der Waals surface area contributed by atoms with Gasteiger partial charge in [-0.2, -0.15) is 0 Å². The van der Waals surface area contributed by atoms with Crippen LogP contribution in [-0.4, -0.2) is 0 Å².